The van der Waals surface area contributed by atoms with Crippen molar-refractivity contribution in [2.24, 2.45) is 0 Å². The molecule has 0 unspecified atom stereocenters. The molecule has 2 N–H and O–H groups in total. The topological polar surface area (TPSA) is 58.9 Å². The number of aliphatic hydroxyl groups is 2. The van der Waals surface area contributed by atoms with Gasteiger partial charge in [-0.1, -0.05) is 25.0 Å². The Bertz CT molecular complexity index is 752. The zero-order valence-corrected chi connectivity index (χ0v) is 17.4. The molecule has 0 aliphatic heterocycles. The van der Waals surface area contributed by atoms with Gasteiger partial charge in [-0.2, -0.15) is 4.39 Å². The maximum absolute atomic E-state index is 15.2. The molecule has 0 heterocycles. The van der Waals surface area contributed by atoms with Gasteiger partial charge in [0.1, 0.15) is 5.82 Å². The van der Waals surface area contributed by atoms with Gasteiger partial charge in [0, 0.05) is 18.8 Å². The largest absolute Gasteiger partial charge is 0.490 e. The maximum atomic E-state index is 15.2. The van der Waals surface area contributed by atoms with E-state index in [0.717, 1.165) is 51.4 Å². The standard InChI is InChI=1S/C24H32F2O4/c25-20-11-9-10-19(18-20)21-12-13-22(29-16-7-3-1-5-14-27)23(26)24(21)30-17-8-4-2-6-15-28/h9-13,18,27-28H,1-8,14-17H2. The second-order valence-corrected chi connectivity index (χ2v) is 7.24. The Morgan fingerprint density at radius 1 is 0.700 bits per heavy atom. The van der Waals surface area contributed by atoms with Crippen molar-refractivity contribution in [2.75, 3.05) is 26.4 Å². The quantitative estimate of drug-likeness (QED) is 0.372. The number of hydrogen-bond acceptors (Lipinski definition) is 4. The van der Waals surface area contributed by atoms with E-state index in [2.05, 4.69) is 0 Å². The van der Waals surface area contributed by atoms with E-state index in [0.29, 0.717) is 24.3 Å². The van der Waals surface area contributed by atoms with Crippen LogP contribution in [-0.2, 0) is 0 Å². The first-order valence-corrected chi connectivity index (χ1v) is 10.7. The van der Waals surface area contributed by atoms with E-state index in [1.54, 1.807) is 24.3 Å². The van der Waals surface area contributed by atoms with Crippen LogP contribution in [0, 0.1) is 11.6 Å². The molecule has 2 aromatic rings. The summed E-state index contributed by atoms with van der Waals surface area (Å²) >= 11 is 0. The second-order valence-electron chi connectivity index (χ2n) is 7.24. The van der Waals surface area contributed by atoms with E-state index < -0.39 is 11.6 Å². The molecule has 166 valence electrons. The lowest BCUT2D eigenvalue weighted by atomic mass is 10.0. The number of ether oxygens (including phenoxy) is 2. The van der Waals surface area contributed by atoms with Crippen LogP contribution >= 0.6 is 0 Å². The summed E-state index contributed by atoms with van der Waals surface area (Å²) in [7, 11) is 0. The number of halogens is 2. The lowest BCUT2D eigenvalue weighted by Gasteiger charge is -2.16. The molecule has 0 fully saturated rings. The van der Waals surface area contributed by atoms with Crippen LogP contribution in [-0.4, -0.2) is 36.6 Å². The van der Waals surface area contributed by atoms with Gasteiger partial charge in [-0.15, -0.1) is 0 Å². The SMILES string of the molecule is OCCCCCCOc1ccc(-c2cccc(F)c2)c(OCCCCCCO)c1F. The zero-order chi connectivity index (χ0) is 21.6. The van der Waals surface area contributed by atoms with E-state index in [1.165, 1.54) is 12.1 Å². The predicted octanol–water partition coefficient (Wildman–Crippen LogP) is 5.49. The van der Waals surface area contributed by atoms with Gasteiger partial charge in [0.15, 0.2) is 11.5 Å². The van der Waals surface area contributed by atoms with Crippen LogP contribution in [0.5, 0.6) is 11.5 Å². The summed E-state index contributed by atoms with van der Waals surface area (Å²) < 4.78 is 40.2. The first-order valence-electron chi connectivity index (χ1n) is 10.7. The van der Waals surface area contributed by atoms with Crippen LogP contribution in [0.4, 0.5) is 8.78 Å². The van der Waals surface area contributed by atoms with Gasteiger partial charge >= 0.3 is 0 Å². The van der Waals surface area contributed by atoms with Crippen LogP contribution in [0.15, 0.2) is 36.4 Å². The highest BCUT2D eigenvalue weighted by Crippen LogP contribution is 2.37. The molecule has 0 saturated carbocycles. The highest BCUT2D eigenvalue weighted by Gasteiger charge is 2.18. The number of hydrogen-bond donors (Lipinski definition) is 2. The Kier molecular flexibility index (Phi) is 11.2. The second kappa shape index (κ2) is 13.9. The van der Waals surface area contributed by atoms with Crippen molar-refractivity contribution < 1.29 is 28.5 Å². The minimum absolute atomic E-state index is 0.0699. The van der Waals surface area contributed by atoms with E-state index in [1.807, 2.05) is 0 Å². The molecule has 0 amide bonds. The third-order valence-corrected chi connectivity index (χ3v) is 4.81. The number of aliphatic hydroxyl groups excluding tert-OH is 2. The Morgan fingerprint density at radius 2 is 1.33 bits per heavy atom. The Balaban J connectivity index is 2.09. The molecule has 2 aromatic carbocycles. The van der Waals surface area contributed by atoms with E-state index in [-0.39, 0.29) is 24.7 Å². The molecule has 0 radical (unpaired) electrons. The fourth-order valence-corrected chi connectivity index (χ4v) is 3.17. The summed E-state index contributed by atoms with van der Waals surface area (Å²) in [6.45, 7) is 1.05. The Morgan fingerprint density at radius 3 is 1.97 bits per heavy atom. The minimum Gasteiger partial charge on any atom is -0.490 e. The summed E-state index contributed by atoms with van der Waals surface area (Å²) in [6, 6.07) is 9.24. The average molecular weight is 423 g/mol. The monoisotopic (exact) mass is 422 g/mol. The predicted molar refractivity (Wildman–Crippen MR) is 114 cm³/mol. The first-order chi connectivity index (χ1) is 14.7. The first kappa shape index (κ1) is 24.1. The smallest absolute Gasteiger partial charge is 0.207 e. The van der Waals surface area contributed by atoms with E-state index in [9.17, 15) is 4.39 Å². The van der Waals surface area contributed by atoms with Gasteiger partial charge in [-0.25, -0.2) is 4.39 Å². The van der Waals surface area contributed by atoms with Crippen LogP contribution in [0.1, 0.15) is 51.4 Å². The van der Waals surface area contributed by atoms with Gasteiger partial charge < -0.3 is 19.7 Å². The summed E-state index contributed by atoms with van der Waals surface area (Å²) in [5.41, 5.74) is 1.03. The Labute approximate surface area is 177 Å². The summed E-state index contributed by atoms with van der Waals surface area (Å²) in [6.07, 6.45) is 6.58. The fraction of sp³-hybridized carbons (Fsp3) is 0.500. The van der Waals surface area contributed by atoms with E-state index >= 15 is 4.39 Å². The van der Waals surface area contributed by atoms with Gasteiger partial charge in [-0.3, -0.25) is 0 Å². The number of unbranched alkanes of at least 4 members (excludes halogenated alkanes) is 6. The summed E-state index contributed by atoms with van der Waals surface area (Å²) in [4.78, 5) is 0. The maximum Gasteiger partial charge on any atom is 0.207 e. The van der Waals surface area contributed by atoms with Crippen LogP contribution in [0.3, 0.4) is 0 Å². The highest BCUT2D eigenvalue weighted by atomic mass is 19.1. The van der Waals surface area contributed by atoms with Crippen molar-refractivity contribution in [3.8, 4) is 22.6 Å². The zero-order valence-electron chi connectivity index (χ0n) is 17.4. The van der Waals surface area contributed by atoms with Crippen molar-refractivity contribution in [1.82, 2.24) is 0 Å². The van der Waals surface area contributed by atoms with Gasteiger partial charge in [0.25, 0.3) is 0 Å². The third-order valence-electron chi connectivity index (χ3n) is 4.81. The normalized spacial score (nSPS) is 10.9. The molecule has 0 aliphatic carbocycles. The fourth-order valence-electron chi connectivity index (χ4n) is 3.17. The van der Waals surface area contributed by atoms with Crippen LogP contribution < -0.4 is 9.47 Å². The average Bonchev–Trinajstić information content (AvgIpc) is 2.75. The van der Waals surface area contributed by atoms with Crippen molar-refractivity contribution in [3.05, 3.63) is 48.0 Å². The molecular weight excluding hydrogens is 390 g/mol. The van der Waals surface area contributed by atoms with Gasteiger partial charge in [0.05, 0.1) is 13.2 Å². The molecule has 0 spiro atoms. The number of rotatable bonds is 15. The summed E-state index contributed by atoms with van der Waals surface area (Å²) in [5.74, 6) is -0.790. The van der Waals surface area contributed by atoms with Crippen molar-refractivity contribution in [2.45, 2.75) is 51.4 Å². The van der Waals surface area contributed by atoms with Crippen molar-refractivity contribution in [1.29, 1.82) is 0 Å². The molecule has 0 atom stereocenters. The lowest BCUT2D eigenvalue weighted by molar-refractivity contribution is 0.257. The third kappa shape index (κ3) is 7.92. The van der Waals surface area contributed by atoms with Crippen molar-refractivity contribution >= 4 is 0 Å². The molecule has 6 heteroatoms. The molecular formula is C24H32F2O4. The summed E-state index contributed by atoms with van der Waals surface area (Å²) in [5, 5.41) is 17.7. The van der Waals surface area contributed by atoms with Gasteiger partial charge in [0.2, 0.25) is 5.82 Å². The lowest BCUT2D eigenvalue weighted by Crippen LogP contribution is -2.05. The molecule has 4 nitrogen and oxygen atoms in total. The molecule has 0 saturated heterocycles. The van der Waals surface area contributed by atoms with Gasteiger partial charge in [-0.05, 0) is 68.4 Å². The number of benzene rings is 2. The minimum atomic E-state index is -0.581. The Hall–Kier alpha value is -2.18. The van der Waals surface area contributed by atoms with Crippen LogP contribution in [0.25, 0.3) is 11.1 Å². The molecule has 0 aliphatic rings. The molecule has 0 aromatic heterocycles. The molecule has 0 bridgehead atoms. The molecule has 2 rings (SSSR count). The highest BCUT2D eigenvalue weighted by molar-refractivity contribution is 5.72. The van der Waals surface area contributed by atoms with E-state index in [4.69, 9.17) is 19.7 Å². The van der Waals surface area contributed by atoms with Crippen LogP contribution in [0.2, 0.25) is 0 Å². The molecule has 30 heavy (non-hydrogen) atoms. The van der Waals surface area contributed by atoms with Crippen molar-refractivity contribution in [3.63, 3.8) is 0 Å².